The SMILES string of the molecule is CC1Oc2ccc(NC(=O)N3CCC(N4CCOC4=O)CC3)cc2N(C)C1=O. The molecule has 0 aliphatic carbocycles. The topological polar surface area (TPSA) is 91.4 Å². The first-order chi connectivity index (χ1) is 13.4. The van der Waals surface area contributed by atoms with Gasteiger partial charge in [-0.1, -0.05) is 0 Å². The number of benzene rings is 1. The molecule has 0 spiro atoms. The summed E-state index contributed by atoms with van der Waals surface area (Å²) in [5.41, 5.74) is 1.24. The highest BCUT2D eigenvalue weighted by atomic mass is 16.6. The molecular formula is C19H24N4O5. The molecule has 2 saturated heterocycles. The predicted molar refractivity (Wildman–Crippen MR) is 102 cm³/mol. The summed E-state index contributed by atoms with van der Waals surface area (Å²) in [6.45, 7) is 3.92. The number of hydrogen-bond donors (Lipinski definition) is 1. The maximum Gasteiger partial charge on any atom is 0.410 e. The van der Waals surface area contributed by atoms with Crippen LogP contribution in [-0.2, 0) is 9.53 Å². The average Bonchev–Trinajstić information content (AvgIpc) is 3.13. The number of carbonyl (C=O) groups excluding carboxylic acids is 3. The third kappa shape index (κ3) is 3.32. The Morgan fingerprint density at radius 2 is 1.93 bits per heavy atom. The maximum atomic E-state index is 12.6. The molecule has 2 fully saturated rings. The summed E-state index contributed by atoms with van der Waals surface area (Å²) in [6, 6.07) is 5.20. The summed E-state index contributed by atoms with van der Waals surface area (Å²) in [7, 11) is 1.69. The molecule has 9 heteroatoms. The van der Waals surface area contributed by atoms with Gasteiger partial charge in [-0.05, 0) is 38.0 Å². The van der Waals surface area contributed by atoms with Gasteiger partial charge in [0.05, 0.1) is 12.2 Å². The lowest BCUT2D eigenvalue weighted by Gasteiger charge is -2.35. The Morgan fingerprint density at radius 1 is 1.18 bits per heavy atom. The van der Waals surface area contributed by atoms with E-state index in [-0.39, 0.29) is 24.1 Å². The Balaban J connectivity index is 1.37. The number of nitrogens with zero attached hydrogens (tertiary/aromatic N) is 3. The van der Waals surface area contributed by atoms with Crippen molar-refractivity contribution >= 4 is 29.4 Å². The molecule has 1 unspecified atom stereocenters. The van der Waals surface area contributed by atoms with Crippen LogP contribution in [0.3, 0.4) is 0 Å². The fourth-order valence-corrected chi connectivity index (χ4v) is 3.91. The van der Waals surface area contributed by atoms with Gasteiger partial charge in [0, 0.05) is 31.9 Å². The third-order valence-electron chi connectivity index (χ3n) is 5.54. The van der Waals surface area contributed by atoms with Gasteiger partial charge in [0.2, 0.25) is 0 Å². The second kappa shape index (κ2) is 7.21. The van der Waals surface area contributed by atoms with E-state index >= 15 is 0 Å². The zero-order valence-electron chi connectivity index (χ0n) is 16.0. The average molecular weight is 388 g/mol. The molecule has 1 aromatic rings. The Hall–Kier alpha value is -2.97. The molecule has 0 saturated carbocycles. The van der Waals surface area contributed by atoms with Crippen molar-refractivity contribution in [3.63, 3.8) is 0 Å². The summed E-state index contributed by atoms with van der Waals surface area (Å²) < 4.78 is 10.6. The number of amides is 4. The minimum atomic E-state index is -0.521. The summed E-state index contributed by atoms with van der Waals surface area (Å²) in [6.07, 6.45) is 0.685. The molecule has 3 aliphatic rings. The smallest absolute Gasteiger partial charge is 0.410 e. The summed E-state index contributed by atoms with van der Waals surface area (Å²) in [5.74, 6) is 0.490. The number of anilines is 2. The molecule has 9 nitrogen and oxygen atoms in total. The fourth-order valence-electron chi connectivity index (χ4n) is 3.91. The van der Waals surface area contributed by atoms with Crippen molar-refractivity contribution in [2.75, 3.05) is 43.5 Å². The molecular weight excluding hydrogens is 364 g/mol. The summed E-state index contributed by atoms with van der Waals surface area (Å²) in [5, 5.41) is 2.89. The van der Waals surface area contributed by atoms with Crippen molar-refractivity contribution in [3.05, 3.63) is 18.2 Å². The van der Waals surface area contributed by atoms with E-state index in [1.807, 2.05) is 0 Å². The van der Waals surface area contributed by atoms with Gasteiger partial charge >= 0.3 is 12.1 Å². The van der Waals surface area contributed by atoms with Gasteiger partial charge in [0.15, 0.2) is 6.10 Å². The number of hydrogen-bond acceptors (Lipinski definition) is 5. The first kappa shape index (κ1) is 18.4. The van der Waals surface area contributed by atoms with E-state index in [4.69, 9.17) is 9.47 Å². The minimum absolute atomic E-state index is 0.126. The molecule has 0 bridgehead atoms. The van der Waals surface area contributed by atoms with E-state index in [9.17, 15) is 14.4 Å². The summed E-state index contributed by atoms with van der Waals surface area (Å²) >= 11 is 0. The number of piperidine rings is 1. The molecule has 150 valence electrons. The largest absolute Gasteiger partial charge is 0.479 e. The first-order valence-corrected chi connectivity index (χ1v) is 9.51. The zero-order chi connectivity index (χ0) is 19.8. The number of likely N-dealkylation sites (N-methyl/N-ethyl adjacent to an activating group) is 1. The molecule has 1 aromatic carbocycles. The molecule has 0 aromatic heterocycles. The monoisotopic (exact) mass is 388 g/mol. The van der Waals surface area contributed by atoms with Gasteiger partial charge in [-0.3, -0.25) is 4.79 Å². The lowest BCUT2D eigenvalue weighted by Crippen LogP contribution is -2.48. The normalized spacial score (nSPS) is 22.6. The highest BCUT2D eigenvalue weighted by Crippen LogP contribution is 2.35. The van der Waals surface area contributed by atoms with Crippen LogP contribution in [-0.4, -0.2) is 73.3 Å². The van der Waals surface area contributed by atoms with Crippen molar-refractivity contribution in [3.8, 4) is 5.75 Å². The quantitative estimate of drug-likeness (QED) is 0.835. The second-order valence-electron chi connectivity index (χ2n) is 7.30. The Morgan fingerprint density at radius 3 is 2.61 bits per heavy atom. The van der Waals surface area contributed by atoms with Crippen LogP contribution in [0.4, 0.5) is 21.0 Å². The first-order valence-electron chi connectivity index (χ1n) is 9.51. The Kier molecular flexibility index (Phi) is 4.74. The highest BCUT2D eigenvalue weighted by molar-refractivity contribution is 6.00. The standard InChI is InChI=1S/C19H24N4O5/c1-12-17(24)21(2)15-11-13(3-4-16(15)28-12)20-18(25)22-7-5-14(6-8-22)23-9-10-27-19(23)26/h3-4,11-12,14H,5-10H2,1-2H3,(H,20,25). The van der Waals surface area contributed by atoms with E-state index in [2.05, 4.69) is 5.32 Å². The van der Waals surface area contributed by atoms with Gasteiger partial charge in [0.1, 0.15) is 12.4 Å². The van der Waals surface area contributed by atoms with E-state index in [1.165, 1.54) is 0 Å². The Bertz CT molecular complexity index is 806. The molecule has 4 rings (SSSR count). The molecule has 28 heavy (non-hydrogen) atoms. The van der Waals surface area contributed by atoms with Crippen molar-refractivity contribution in [1.29, 1.82) is 0 Å². The van der Waals surface area contributed by atoms with Crippen LogP contribution >= 0.6 is 0 Å². The molecule has 3 aliphatic heterocycles. The second-order valence-corrected chi connectivity index (χ2v) is 7.30. The van der Waals surface area contributed by atoms with Gasteiger partial charge in [0.25, 0.3) is 5.91 Å². The van der Waals surface area contributed by atoms with Crippen LogP contribution in [0.15, 0.2) is 18.2 Å². The third-order valence-corrected chi connectivity index (χ3v) is 5.54. The highest BCUT2D eigenvalue weighted by Gasteiger charge is 2.33. The number of urea groups is 1. The lowest BCUT2D eigenvalue weighted by atomic mass is 10.0. The van der Waals surface area contributed by atoms with Crippen LogP contribution in [0, 0.1) is 0 Å². The Labute approximate surface area is 163 Å². The molecule has 1 atom stereocenters. The van der Waals surface area contributed by atoms with Crippen molar-refractivity contribution in [2.24, 2.45) is 0 Å². The van der Waals surface area contributed by atoms with E-state index in [1.54, 1.807) is 46.9 Å². The van der Waals surface area contributed by atoms with Gasteiger partial charge in [-0.2, -0.15) is 0 Å². The number of rotatable bonds is 2. The minimum Gasteiger partial charge on any atom is -0.479 e. The van der Waals surface area contributed by atoms with Crippen molar-refractivity contribution in [1.82, 2.24) is 9.80 Å². The van der Waals surface area contributed by atoms with Gasteiger partial charge in [-0.25, -0.2) is 9.59 Å². The van der Waals surface area contributed by atoms with Crippen molar-refractivity contribution < 1.29 is 23.9 Å². The molecule has 3 heterocycles. The summed E-state index contributed by atoms with van der Waals surface area (Å²) in [4.78, 5) is 41.5. The number of cyclic esters (lactones) is 1. The predicted octanol–water partition coefficient (Wildman–Crippen LogP) is 1.88. The fraction of sp³-hybridized carbons (Fsp3) is 0.526. The number of likely N-dealkylation sites (tertiary alicyclic amines) is 1. The van der Waals surface area contributed by atoms with Crippen LogP contribution in [0.2, 0.25) is 0 Å². The van der Waals surface area contributed by atoms with E-state index in [0.717, 1.165) is 12.8 Å². The molecule has 4 amide bonds. The number of ether oxygens (including phenoxy) is 2. The van der Waals surface area contributed by atoms with Gasteiger partial charge in [-0.15, -0.1) is 0 Å². The number of fused-ring (bicyclic) bond motifs is 1. The maximum absolute atomic E-state index is 12.6. The molecule has 1 N–H and O–H groups in total. The van der Waals surface area contributed by atoms with Crippen molar-refractivity contribution in [2.45, 2.75) is 31.9 Å². The van der Waals surface area contributed by atoms with E-state index < -0.39 is 6.10 Å². The molecule has 0 radical (unpaired) electrons. The van der Waals surface area contributed by atoms with Crippen LogP contribution in [0.5, 0.6) is 5.75 Å². The zero-order valence-corrected chi connectivity index (χ0v) is 16.0. The van der Waals surface area contributed by atoms with Gasteiger partial charge < -0.3 is 29.5 Å². The van der Waals surface area contributed by atoms with Crippen LogP contribution in [0.25, 0.3) is 0 Å². The van der Waals surface area contributed by atoms with E-state index in [0.29, 0.717) is 43.4 Å². The van der Waals surface area contributed by atoms with Crippen LogP contribution in [0.1, 0.15) is 19.8 Å². The number of nitrogens with one attached hydrogen (secondary N) is 1. The lowest BCUT2D eigenvalue weighted by molar-refractivity contribution is -0.125. The van der Waals surface area contributed by atoms with Crippen LogP contribution < -0.4 is 15.0 Å². The number of carbonyl (C=O) groups is 3.